The Balaban J connectivity index is 1.92. The Hall–Kier alpha value is -2.79. The second-order valence-electron chi connectivity index (χ2n) is 5.73. The van der Waals surface area contributed by atoms with Gasteiger partial charge >= 0.3 is 0 Å². The van der Waals surface area contributed by atoms with Gasteiger partial charge in [0, 0.05) is 5.02 Å². The summed E-state index contributed by atoms with van der Waals surface area (Å²) < 4.78 is 11.2. The highest BCUT2D eigenvalue weighted by Crippen LogP contribution is 2.32. The Kier molecular flexibility index (Phi) is 3.73. The lowest BCUT2D eigenvalue weighted by Gasteiger charge is -2.13. The first-order valence-corrected chi connectivity index (χ1v) is 8.26. The number of ether oxygens (including phenoxy) is 1. The largest absolute Gasteiger partial charge is 0.494 e. The van der Waals surface area contributed by atoms with Crippen LogP contribution >= 0.6 is 11.6 Å². The maximum atomic E-state index is 13.0. The highest BCUT2D eigenvalue weighted by Gasteiger charge is 2.36. The molecule has 0 aliphatic carbocycles. The number of fused-ring (bicyclic) bond motifs is 2. The van der Waals surface area contributed by atoms with Crippen LogP contribution in [-0.2, 0) is 0 Å². The van der Waals surface area contributed by atoms with E-state index in [2.05, 4.69) is 5.32 Å². The van der Waals surface area contributed by atoms with Crippen LogP contribution in [0.15, 0.2) is 51.7 Å². The van der Waals surface area contributed by atoms with Crippen LogP contribution in [0.25, 0.3) is 11.0 Å². The first kappa shape index (κ1) is 15.7. The molecule has 0 spiro atoms. The predicted octanol–water partition coefficient (Wildman–Crippen LogP) is 3.68. The number of nitrogens with one attached hydrogen (secondary N) is 1. The number of hydrogen-bond acceptors (Lipinski definition) is 4. The molecule has 0 bridgehead atoms. The average molecular weight is 356 g/mol. The molecule has 0 saturated heterocycles. The fourth-order valence-electron chi connectivity index (χ4n) is 3.08. The summed E-state index contributed by atoms with van der Waals surface area (Å²) in [6.07, 6.45) is 0. The van der Waals surface area contributed by atoms with Gasteiger partial charge in [-0.3, -0.25) is 9.59 Å². The summed E-state index contributed by atoms with van der Waals surface area (Å²) in [5.41, 5.74) is 1.14. The Morgan fingerprint density at radius 1 is 1.20 bits per heavy atom. The molecular weight excluding hydrogens is 342 g/mol. The van der Waals surface area contributed by atoms with Crippen molar-refractivity contribution < 1.29 is 13.9 Å². The SMILES string of the molecule is CCOc1cccc(C2NC(=O)c3oc4ccc(Cl)cc4c(=O)c32)c1. The van der Waals surface area contributed by atoms with E-state index in [4.69, 9.17) is 20.8 Å². The van der Waals surface area contributed by atoms with Crippen LogP contribution in [0.2, 0.25) is 5.02 Å². The van der Waals surface area contributed by atoms with Crippen LogP contribution in [0, 0.1) is 0 Å². The normalized spacial score (nSPS) is 15.9. The zero-order chi connectivity index (χ0) is 17.6. The van der Waals surface area contributed by atoms with E-state index in [1.807, 2.05) is 31.2 Å². The molecule has 1 unspecified atom stereocenters. The lowest BCUT2D eigenvalue weighted by molar-refractivity contribution is 0.0938. The van der Waals surface area contributed by atoms with Crippen molar-refractivity contribution in [3.8, 4) is 5.75 Å². The van der Waals surface area contributed by atoms with Crippen LogP contribution in [-0.4, -0.2) is 12.5 Å². The van der Waals surface area contributed by atoms with E-state index in [1.54, 1.807) is 18.2 Å². The monoisotopic (exact) mass is 355 g/mol. The van der Waals surface area contributed by atoms with Crippen LogP contribution in [0.5, 0.6) is 5.75 Å². The number of halogens is 1. The minimum absolute atomic E-state index is 0.0478. The van der Waals surface area contributed by atoms with E-state index >= 15 is 0 Å². The van der Waals surface area contributed by atoms with Crippen molar-refractivity contribution in [3.05, 3.63) is 74.6 Å². The van der Waals surface area contributed by atoms with Crippen molar-refractivity contribution >= 4 is 28.5 Å². The lowest BCUT2D eigenvalue weighted by atomic mass is 9.99. The van der Waals surface area contributed by atoms with E-state index in [9.17, 15) is 9.59 Å². The van der Waals surface area contributed by atoms with E-state index in [0.29, 0.717) is 33.9 Å². The first-order chi connectivity index (χ1) is 12.1. The Morgan fingerprint density at radius 3 is 2.84 bits per heavy atom. The standard InChI is InChI=1S/C19H14ClNO4/c1-2-24-12-5-3-4-10(8-12)16-15-17(22)13-9-11(20)6-7-14(13)25-18(15)19(23)21-16/h3-9,16H,2H2,1H3,(H,21,23). The van der Waals surface area contributed by atoms with E-state index in [-0.39, 0.29) is 11.2 Å². The van der Waals surface area contributed by atoms with Gasteiger partial charge in [0.1, 0.15) is 11.3 Å². The topological polar surface area (TPSA) is 68.5 Å². The summed E-state index contributed by atoms with van der Waals surface area (Å²) in [5, 5.41) is 3.61. The third-order valence-corrected chi connectivity index (χ3v) is 4.40. The second-order valence-corrected chi connectivity index (χ2v) is 6.16. The third kappa shape index (κ3) is 2.57. The zero-order valence-corrected chi connectivity index (χ0v) is 14.1. The van der Waals surface area contributed by atoms with Gasteiger partial charge in [0.05, 0.1) is 23.6 Å². The molecule has 1 atom stereocenters. The molecule has 1 amide bonds. The van der Waals surface area contributed by atoms with Crippen molar-refractivity contribution in [3.63, 3.8) is 0 Å². The molecular formula is C19H14ClNO4. The van der Waals surface area contributed by atoms with Crippen LogP contribution in [0.3, 0.4) is 0 Å². The van der Waals surface area contributed by atoms with Gasteiger partial charge in [0.2, 0.25) is 5.76 Å². The molecule has 126 valence electrons. The molecule has 1 aromatic heterocycles. The molecule has 0 radical (unpaired) electrons. The Labute approximate surface area is 148 Å². The summed E-state index contributed by atoms with van der Waals surface area (Å²) in [4.78, 5) is 25.3. The Bertz CT molecular complexity index is 1060. The molecule has 3 aromatic rings. The first-order valence-electron chi connectivity index (χ1n) is 7.88. The van der Waals surface area contributed by atoms with Crippen molar-refractivity contribution in [1.82, 2.24) is 5.32 Å². The van der Waals surface area contributed by atoms with Gasteiger partial charge in [-0.2, -0.15) is 0 Å². The van der Waals surface area contributed by atoms with Gasteiger partial charge in [-0.05, 0) is 42.8 Å². The number of carbonyl (C=O) groups excluding carboxylic acids is 1. The van der Waals surface area contributed by atoms with Gasteiger partial charge in [-0.15, -0.1) is 0 Å². The summed E-state index contributed by atoms with van der Waals surface area (Å²) in [7, 11) is 0. The van der Waals surface area contributed by atoms with Crippen LogP contribution in [0.1, 0.15) is 34.6 Å². The maximum absolute atomic E-state index is 13.0. The van der Waals surface area contributed by atoms with E-state index < -0.39 is 11.9 Å². The van der Waals surface area contributed by atoms with Crippen molar-refractivity contribution in [2.24, 2.45) is 0 Å². The van der Waals surface area contributed by atoms with Crippen LogP contribution in [0.4, 0.5) is 0 Å². The minimum atomic E-state index is -0.581. The molecule has 0 saturated carbocycles. The summed E-state index contributed by atoms with van der Waals surface area (Å²) in [6.45, 7) is 2.42. The highest BCUT2D eigenvalue weighted by molar-refractivity contribution is 6.31. The van der Waals surface area contributed by atoms with Crippen molar-refractivity contribution in [1.29, 1.82) is 0 Å². The molecule has 2 heterocycles. The van der Waals surface area contributed by atoms with Crippen molar-refractivity contribution in [2.45, 2.75) is 13.0 Å². The second kappa shape index (κ2) is 5.93. The van der Waals surface area contributed by atoms with Gasteiger partial charge in [-0.25, -0.2) is 0 Å². The summed E-state index contributed by atoms with van der Waals surface area (Å²) in [6, 6.07) is 11.5. The average Bonchev–Trinajstić information content (AvgIpc) is 2.93. The fraction of sp³-hybridized carbons (Fsp3) is 0.158. The number of rotatable bonds is 3. The highest BCUT2D eigenvalue weighted by atomic mass is 35.5. The Morgan fingerprint density at radius 2 is 2.04 bits per heavy atom. The minimum Gasteiger partial charge on any atom is -0.494 e. The molecule has 0 fully saturated rings. The number of hydrogen-bond donors (Lipinski definition) is 1. The summed E-state index contributed by atoms with van der Waals surface area (Å²) >= 11 is 6.00. The lowest BCUT2D eigenvalue weighted by Crippen LogP contribution is -2.22. The maximum Gasteiger partial charge on any atom is 0.288 e. The number of amides is 1. The smallest absolute Gasteiger partial charge is 0.288 e. The van der Waals surface area contributed by atoms with Gasteiger partial charge in [0.15, 0.2) is 5.43 Å². The molecule has 4 rings (SSSR count). The molecule has 2 aromatic carbocycles. The molecule has 25 heavy (non-hydrogen) atoms. The molecule has 5 nitrogen and oxygen atoms in total. The third-order valence-electron chi connectivity index (χ3n) is 4.16. The predicted molar refractivity (Wildman–Crippen MR) is 94.4 cm³/mol. The zero-order valence-electron chi connectivity index (χ0n) is 13.3. The fourth-order valence-corrected chi connectivity index (χ4v) is 3.25. The molecule has 1 aliphatic rings. The van der Waals surface area contributed by atoms with Gasteiger partial charge < -0.3 is 14.5 Å². The number of carbonyl (C=O) groups is 1. The molecule has 1 aliphatic heterocycles. The van der Waals surface area contributed by atoms with Crippen LogP contribution < -0.4 is 15.5 Å². The van der Waals surface area contributed by atoms with E-state index in [0.717, 1.165) is 5.56 Å². The molecule has 1 N–H and O–H groups in total. The van der Waals surface area contributed by atoms with Gasteiger partial charge in [-0.1, -0.05) is 23.7 Å². The summed E-state index contributed by atoms with van der Waals surface area (Å²) in [5.74, 6) is 0.318. The van der Waals surface area contributed by atoms with Crippen molar-refractivity contribution in [2.75, 3.05) is 6.61 Å². The quantitative estimate of drug-likeness (QED) is 0.778. The number of benzene rings is 2. The molecule has 6 heteroatoms. The van der Waals surface area contributed by atoms with Gasteiger partial charge in [0.25, 0.3) is 5.91 Å². The van der Waals surface area contributed by atoms with E-state index in [1.165, 1.54) is 0 Å².